The van der Waals surface area contributed by atoms with Gasteiger partial charge in [-0.25, -0.2) is 0 Å². The van der Waals surface area contributed by atoms with Crippen molar-refractivity contribution in [3.8, 4) is 5.75 Å². The molecule has 0 aliphatic carbocycles. The van der Waals surface area contributed by atoms with E-state index in [0.717, 1.165) is 38.4 Å². The Labute approximate surface area is 194 Å². The molecule has 0 unspecified atom stereocenters. The minimum Gasteiger partial charge on any atom is -0.496 e. The number of carbonyl (C=O) groups is 1. The molecule has 1 N–H and O–H groups in total. The standard InChI is InChI=1S/C23H21BrN4O2S/c1-14-21(24)15(2)27(26-14)13-17-11-16(9-10-20(17)30-3)12-19-22(29)28(23(31)25-19)18-7-5-4-6-8-18/h4-12H,13H2,1-3H3,(H,25,31)/b19-12+. The summed E-state index contributed by atoms with van der Waals surface area (Å²) in [7, 11) is 1.65. The molecule has 1 aliphatic rings. The van der Waals surface area contributed by atoms with Crippen LogP contribution in [0, 0.1) is 13.8 Å². The summed E-state index contributed by atoms with van der Waals surface area (Å²) in [6.45, 7) is 4.53. The van der Waals surface area contributed by atoms with Crippen molar-refractivity contribution in [3.05, 3.63) is 81.2 Å². The van der Waals surface area contributed by atoms with Crippen LogP contribution in [0.25, 0.3) is 6.08 Å². The van der Waals surface area contributed by atoms with Gasteiger partial charge in [0.15, 0.2) is 5.11 Å². The van der Waals surface area contributed by atoms with Crippen molar-refractivity contribution < 1.29 is 9.53 Å². The number of ether oxygens (including phenoxy) is 1. The van der Waals surface area contributed by atoms with Gasteiger partial charge in [-0.15, -0.1) is 0 Å². The second-order valence-electron chi connectivity index (χ2n) is 7.18. The maximum Gasteiger partial charge on any atom is 0.281 e. The summed E-state index contributed by atoms with van der Waals surface area (Å²) < 4.78 is 8.48. The number of hydrogen-bond acceptors (Lipinski definition) is 4. The van der Waals surface area contributed by atoms with E-state index in [1.807, 2.05) is 67.1 Å². The number of halogens is 1. The molecule has 8 heteroatoms. The molecule has 4 rings (SSSR count). The van der Waals surface area contributed by atoms with Gasteiger partial charge in [0.05, 0.1) is 35.2 Å². The molecular weight excluding hydrogens is 476 g/mol. The number of nitrogens with zero attached hydrogens (tertiary/aromatic N) is 3. The second kappa shape index (κ2) is 8.64. The van der Waals surface area contributed by atoms with Gasteiger partial charge in [0.2, 0.25) is 0 Å². The van der Waals surface area contributed by atoms with Gasteiger partial charge in [0.1, 0.15) is 11.4 Å². The van der Waals surface area contributed by atoms with E-state index in [1.54, 1.807) is 13.2 Å². The van der Waals surface area contributed by atoms with E-state index in [9.17, 15) is 4.79 Å². The third-order valence-electron chi connectivity index (χ3n) is 5.12. The van der Waals surface area contributed by atoms with Crippen LogP contribution in [0.15, 0.2) is 58.7 Å². The lowest BCUT2D eigenvalue weighted by atomic mass is 10.1. The summed E-state index contributed by atoms with van der Waals surface area (Å²) in [6, 6.07) is 15.2. The Morgan fingerprint density at radius 1 is 1.19 bits per heavy atom. The molecular formula is C23H21BrN4O2S. The van der Waals surface area contributed by atoms with Gasteiger partial charge >= 0.3 is 0 Å². The number of anilines is 1. The monoisotopic (exact) mass is 496 g/mol. The zero-order chi connectivity index (χ0) is 22.1. The van der Waals surface area contributed by atoms with Crippen LogP contribution in [0.2, 0.25) is 0 Å². The largest absolute Gasteiger partial charge is 0.496 e. The molecule has 158 valence electrons. The fourth-order valence-corrected chi connectivity index (χ4v) is 4.10. The Hall–Kier alpha value is -2.97. The average molecular weight is 497 g/mol. The van der Waals surface area contributed by atoms with Gasteiger partial charge < -0.3 is 10.1 Å². The highest BCUT2D eigenvalue weighted by molar-refractivity contribution is 9.10. The predicted molar refractivity (Wildman–Crippen MR) is 129 cm³/mol. The molecule has 2 aromatic carbocycles. The first-order chi connectivity index (χ1) is 14.9. The van der Waals surface area contributed by atoms with Crippen molar-refractivity contribution in [1.82, 2.24) is 15.1 Å². The quantitative estimate of drug-likeness (QED) is 0.413. The van der Waals surface area contributed by atoms with Crippen molar-refractivity contribution in [2.75, 3.05) is 12.0 Å². The number of benzene rings is 2. The molecule has 0 saturated carbocycles. The first-order valence-electron chi connectivity index (χ1n) is 9.67. The second-order valence-corrected chi connectivity index (χ2v) is 8.36. The number of rotatable bonds is 5. The lowest BCUT2D eigenvalue weighted by Gasteiger charge is -2.13. The molecule has 0 atom stereocenters. The molecule has 1 aromatic heterocycles. The maximum atomic E-state index is 13.0. The molecule has 6 nitrogen and oxygen atoms in total. The Balaban J connectivity index is 1.65. The van der Waals surface area contributed by atoms with Crippen LogP contribution < -0.4 is 15.0 Å². The van der Waals surface area contributed by atoms with Crippen LogP contribution in [0.3, 0.4) is 0 Å². The van der Waals surface area contributed by atoms with E-state index in [-0.39, 0.29) is 5.91 Å². The van der Waals surface area contributed by atoms with E-state index in [0.29, 0.717) is 17.4 Å². The molecule has 2 heterocycles. The molecule has 0 spiro atoms. The number of para-hydroxylation sites is 1. The fourth-order valence-electron chi connectivity index (χ4n) is 3.52. The average Bonchev–Trinajstić information content (AvgIpc) is 3.18. The summed E-state index contributed by atoms with van der Waals surface area (Å²) in [5, 5.41) is 7.98. The highest BCUT2D eigenvalue weighted by Crippen LogP contribution is 2.27. The van der Waals surface area contributed by atoms with Crippen molar-refractivity contribution >= 4 is 50.9 Å². The maximum absolute atomic E-state index is 13.0. The SMILES string of the molecule is COc1ccc(/C=C2/NC(=S)N(c3ccccc3)C2=O)cc1Cn1nc(C)c(Br)c1C. The Morgan fingerprint density at radius 3 is 2.58 bits per heavy atom. The van der Waals surface area contributed by atoms with Crippen LogP contribution in [-0.2, 0) is 11.3 Å². The van der Waals surface area contributed by atoms with E-state index < -0.39 is 0 Å². The third kappa shape index (κ3) is 4.13. The summed E-state index contributed by atoms with van der Waals surface area (Å²) in [4.78, 5) is 14.5. The molecule has 1 aliphatic heterocycles. The zero-order valence-corrected chi connectivity index (χ0v) is 19.8. The van der Waals surface area contributed by atoms with Crippen molar-refractivity contribution in [3.63, 3.8) is 0 Å². The smallest absolute Gasteiger partial charge is 0.281 e. The molecule has 3 aromatic rings. The van der Waals surface area contributed by atoms with Gasteiger partial charge in [0.25, 0.3) is 5.91 Å². The minimum atomic E-state index is -0.184. The van der Waals surface area contributed by atoms with Crippen LogP contribution >= 0.6 is 28.1 Å². The fraction of sp³-hybridized carbons (Fsp3) is 0.174. The molecule has 0 bridgehead atoms. The van der Waals surface area contributed by atoms with Gasteiger partial charge in [-0.2, -0.15) is 5.10 Å². The van der Waals surface area contributed by atoms with Crippen molar-refractivity contribution in [1.29, 1.82) is 0 Å². The van der Waals surface area contributed by atoms with Gasteiger partial charge in [-0.3, -0.25) is 14.4 Å². The lowest BCUT2D eigenvalue weighted by molar-refractivity contribution is -0.113. The minimum absolute atomic E-state index is 0.184. The predicted octanol–water partition coefficient (Wildman–Crippen LogP) is 4.58. The van der Waals surface area contributed by atoms with Gasteiger partial charge in [-0.1, -0.05) is 24.3 Å². The number of thiocarbonyl (C=S) groups is 1. The summed E-state index contributed by atoms with van der Waals surface area (Å²) in [5.41, 5.74) is 4.97. The highest BCUT2D eigenvalue weighted by Gasteiger charge is 2.31. The number of nitrogens with one attached hydrogen (secondary N) is 1. The number of hydrogen-bond donors (Lipinski definition) is 1. The molecule has 1 fully saturated rings. The van der Waals surface area contributed by atoms with Crippen LogP contribution in [0.4, 0.5) is 5.69 Å². The Bertz CT molecular complexity index is 1200. The van der Waals surface area contributed by atoms with Crippen molar-refractivity contribution in [2.24, 2.45) is 0 Å². The Kier molecular flexibility index (Phi) is 5.93. The summed E-state index contributed by atoms with van der Waals surface area (Å²) >= 11 is 8.96. The summed E-state index contributed by atoms with van der Waals surface area (Å²) in [6.07, 6.45) is 1.80. The van der Waals surface area contributed by atoms with E-state index in [1.165, 1.54) is 4.90 Å². The van der Waals surface area contributed by atoms with E-state index in [4.69, 9.17) is 17.0 Å². The number of aromatic nitrogens is 2. The molecule has 1 amide bonds. The lowest BCUT2D eigenvalue weighted by Crippen LogP contribution is -2.30. The van der Waals surface area contributed by atoms with Crippen molar-refractivity contribution in [2.45, 2.75) is 20.4 Å². The molecule has 0 radical (unpaired) electrons. The topological polar surface area (TPSA) is 59.4 Å². The molecule has 1 saturated heterocycles. The first-order valence-corrected chi connectivity index (χ1v) is 10.9. The number of amides is 1. The molecule has 31 heavy (non-hydrogen) atoms. The van der Waals surface area contributed by atoms with E-state index in [2.05, 4.69) is 26.3 Å². The van der Waals surface area contributed by atoms with Crippen LogP contribution in [0.5, 0.6) is 5.75 Å². The number of carbonyl (C=O) groups excluding carboxylic acids is 1. The summed E-state index contributed by atoms with van der Waals surface area (Å²) in [5.74, 6) is 0.578. The normalized spacial score (nSPS) is 15.0. The highest BCUT2D eigenvalue weighted by atomic mass is 79.9. The Morgan fingerprint density at radius 2 is 1.94 bits per heavy atom. The van der Waals surface area contributed by atoms with Crippen LogP contribution in [0.1, 0.15) is 22.5 Å². The number of methoxy groups -OCH3 is 1. The number of aryl methyl sites for hydroxylation is 1. The van der Waals surface area contributed by atoms with E-state index >= 15 is 0 Å². The first kappa shape index (κ1) is 21.3. The van der Waals surface area contributed by atoms with Crippen LogP contribution in [-0.4, -0.2) is 27.9 Å². The zero-order valence-electron chi connectivity index (χ0n) is 17.3. The van der Waals surface area contributed by atoms with Gasteiger partial charge in [0, 0.05) is 5.56 Å². The van der Waals surface area contributed by atoms with Gasteiger partial charge in [-0.05, 0) is 77.9 Å². The third-order valence-corrected chi connectivity index (χ3v) is 6.55.